The van der Waals surface area contributed by atoms with E-state index in [4.69, 9.17) is 0 Å². The molecule has 62 valence electrons. The monoisotopic (exact) mass is 152 g/mol. The highest BCUT2D eigenvalue weighted by Crippen LogP contribution is 2.44. The summed E-state index contributed by atoms with van der Waals surface area (Å²) in [5.41, 5.74) is 1.67. The molecule has 0 aromatic rings. The predicted molar refractivity (Wildman–Crippen MR) is 47.3 cm³/mol. The van der Waals surface area contributed by atoms with Crippen LogP contribution in [0.3, 0.4) is 0 Å². The Kier molecular flexibility index (Phi) is 2.50. The van der Waals surface area contributed by atoms with Crippen LogP contribution in [0.25, 0.3) is 0 Å². The first kappa shape index (κ1) is 8.54. The first-order valence-electron chi connectivity index (χ1n) is 4.21. The van der Waals surface area contributed by atoms with Gasteiger partial charge in [0.2, 0.25) is 0 Å². The molecule has 2 aliphatic rings. The summed E-state index contributed by atoms with van der Waals surface area (Å²) in [5, 5.41) is 0. The van der Waals surface area contributed by atoms with Crippen LogP contribution in [-0.2, 0) is 0 Å². The van der Waals surface area contributed by atoms with Gasteiger partial charge in [0.1, 0.15) is 0 Å². The lowest BCUT2D eigenvalue weighted by atomic mass is 9.96. The predicted octanol–water partition coefficient (Wildman–Crippen LogP) is 2.09. The summed E-state index contributed by atoms with van der Waals surface area (Å²) < 4.78 is 0. The van der Waals surface area contributed by atoms with Gasteiger partial charge in [-0.05, 0) is 37.5 Å². The van der Waals surface area contributed by atoms with E-state index in [0.717, 1.165) is 18.3 Å². The Morgan fingerprint density at radius 1 is 1.55 bits per heavy atom. The quantitative estimate of drug-likeness (QED) is 0.543. The van der Waals surface area contributed by atoms with E-state index in [1.54, 1.807) is 5.57 Å². The van der Waals surface area contributed by atoms with Crippen molar-refractivity contribution >= 4 is 0 Å². The van der Waals surface area contributed by atoms with Crippen LogP contribution < -0.4 is 0 Å². The average molecular weight is 152 g/mol. The summed E-state index contributed by atoms with van der Waals surface area (Å²) in [5.74, 6) is 1.89. The topological polar surface area (TPSA) is 31.5 Å². The Morgan fingerprint density at radius 2 is 2.36 bits per heavy atom. The van der Waals surface area contributed by atoms with Crippen molar-refractivity contribution in [3.63, 3.8) is 0 Å². The molecule has 0 spiro atoms. The van der Waals surface area contributed by atoms with Gasteiger partial charge in [0.25, 0.3) is 0 Å². The van der Waals surface area contributed by atoms with Crippen LogP contribution in [0.4, 0.5) is 0 Å². The molecule has 0 amide bonds. The fourth-order valence-corrected chi connectivity index (χ4v) is 2.34. The van der Waals surface area contributed by atoms with Gasteiger partial charge in [-0.3, -0.25) is 0 Å². The molecule has 1 fully saturated rings. The van der Waals surface area contributed by atoms with Crippen LogP contribution in [0.1, 0.15) is 25.7 Å². The number of fused-ring (bicyclic) bond motifs is 2. The molecule has 0 radical (unpaired) electrons. The van der Waals surface area contributed by atoms with Crippen molar-refractivity contribution in [1.29, 1.82) is 0 Å². The van der Waals surface area contributed by atoms with Gasteiger partial charge in [-0.15, -0.1) is 6.58 Å². The summed E-state index contributed by atoms with van der Waals surface area (Å²) in [7, 11) is 0. The van der Waals surface area contributed by atoms with E-state index in [1.165, 1.54) is 19.3 Å². The highest BCUT2D eigenvalue weighted by Gasteiger charge is 2.31. The first-order chi connectivity index (χ1) is 4.90. The highest BCUT2D eigenvalue weighted by atomic mass is 16.0. The summed E-state index contributed by atoms with van der Waals surface area (Å²) in [6.07, 6.45) is 10.0. The third-order valence-corrected chi connectivity index (χ3v) is 2.83. The second-order valence-electron chi connectivity index (χ2n) is 3.50. The Labute approximate surface area is 68.1 Å². The van der Waals surface area contributed by atoms with Gasteiger partial charge in [-0.1, -0.05) is 17.7 Å². The largest absolute Gasteiger partial charge is 0.412 e. The zero-order valence-corrected chi connectivity index (χ0v) is 6.84. The van der Waals surface area contributed by atoms with Crippen molar-refractivity contribution in [3.8, 4) is 0 Å². The summed E-state index contributed by atoms with van der Waals surface area (Å²) in [4.78, 5) is 0. The second-order valence-corrected chi connectivity index (χ2v) is 3.50. The zero-order chi connectivity index (χ0) is 6.97. The van der Waals surface area contributed by atoms with E-state index >= 15 is 0 Å². The normalized spacial score (nSPS) is 32.9. The second kappa shape index (κ2) is 3.22. The molecule has 2 atom stereocenters. The SMILES string of the molecule is C=CCC1=CC2CCC1C2.O. The Bertz CT molecular complexity index is 181. The van der Waals surface area contributed by atoms with E-state index in [0.29, 0.717) is 0 Å². The molecule has 2 unspecified atom stereocenters. The standard InChI is InChI=1S/C10H14.H2O/c1-2-3-9-6-8-4-5-10(9)7-8;/h2,6,8,10H,1,3-5,7H2;1H2. The third kappa shape index (κ3) is 1.38. The molecule has 2 aliphatic carbocycles. The molecule has 1 nitrogen and oxygen atoms in total. The van der Waals surface area contributed by atoms with Crippen molar-refractivity contribution in [2.45, 2.75) is 25.7 Å². The van der Waals surface area contributed by atoms with E-state index in [-0.39, 0.29) is 5.48 Å². The number of rotatable bonds is 2. The fourth-order valence-electron chi connectivity index (χ4n) is 2.34. The maximum absolute atomic E-state index is 3.77. The van der Waals surface area contributed by atoms with Crippen molar-refractivity contribution in [1.82, 2.24) is 0 Å². The van der Waals surface area contributed by atoms with Crippen molar-refractivity contribution < 1.29 is 5.48 Å². The molecule has 1 heteroatoms. The molecule has 0 heterocycles. The molecule has 2 N–H and O–H groups in total. The van der Waals surface area contributed by atoms with Crippen LogP contribution >= 0.6 is 0 Å². The Balaban J connectivity index is 0.000000605. The molecule has 1 saturated carbocycles. The first-order valence-corrected chi connectivity index (χ1v) is 4.21. The van der Waals surface area contributed by atoms with Gasteiger partial charge in [-0.25, -0.2) is 0 Å². The van der Waals surface area contributed by atoms with Crippen LogP contribution in [0.15, 0.2) is 24.3 Å². The Hall–Kier alpha value is -0.560. The van der Waals surface area contributed by atoms with Gasteiger partial charge in [-0.2, -0.15) is 0 Å². The maximum atomic E-state index is 3.77. The lowest BCUT2D eigenvalue weighted by molar-refractivity contribution is 0.645. The van der Waals surface area contributed by atoms with Gasteiger partial charge in [0.05, 0.1) is 0 Å². The van der Waals surface area contributed by atoms with E-state index in [1.807, 2.05) is 6.08 Å². The molecule has 11 heavy (non-hydrogen) atoms. The van der Waals surface area contributed by atoms with Crippen LogP contribution in [0.2, 0.25) is 0 Å². The number of hydrogen-bond acceptors (Lipinski definition) is 0. The third-order valence-electron chi connectivity index (χ3n) is 2.83. The number of allylic oxidation sites excluding steroid dienone is 3. The fraction of sp³-hybridized carbons (Fsp3) is 0.600. The molecule has 0 aliphatic heterocycles. The molecule has 2 bridgehead atoms. The molecule has 0 saturated heterocycles. The smallest absolute Gasteiger partial charge is 0.0139 e. The summed E-state index contributed by atoms with van der Waals surface area (Å²) >= 11 is 0. The molecular formula is C10H16O. The van der Waals surface area contributed by atoms with Crippen LogP contribution in [0, 0.1) is 11.8 Å². The van der Waals surface area contributed by atoms with Crippen molar-refractivity contribution in [2.75, 3.05) is 0 Å². The van der Waals surface area contributed by atoms with Crippen molar-refractivity contribution in [3.05, 3.63) is 24.3 Å². The highest BCUT2D eigenvalue weighted by molar-refractivity contribution is 5.21. The number of hydrogen-bond donors (Lipinski definition) is 0. The lowest BCUT2D eigenvalue weighted by Crippen LogP contribution is -1.95. The summed E-state index contributed by atoms with van der Waals surface area (Å²) in [6, 6.07) is 0. The molecular weight excluding hydrogens is 136 g/mol. The lowest BCUT2D eigenvalue weighted by Gasteiger charge is -2.09. The van der Waals surface area contributed by atoms with Gasteiger partial charge < -0.3 is 5.48 Å². The van der Waals surface area contributed by atoms with Crippen LogP contribution in [0.5, 0.6) is 0 Å². The minimum atomic E-state index is 0. The van der Waals surface area contributed by atoms with Crippen molar-refractivity contribution in [2.24, 2.45) is 11.8 Å². The van der Waals surface area contributed by atoms with E-state index in [9.17, 15) is 0 Å². The van der Waals surface area contributed by atoms with Gasteiger partial charge in [0, 0.05) is 0 Å². The van der Waals surface area contributed by atoms with E-state index in [2.05, 4.69) is 12.7 Å². The Morgan fingerprint density at radius 3 is 2.82 bits per heavy atom. The zero-order valence-electron chi connectivity index (χ0n) is 6.84. The van der Waals surface area contributed by atoms with Gasteiger partial charge in [0.15, 0.2) is 0 Å². The minimum Gasteiger partial charge on any atom is -0.412 e. The molecule has 2 rings (SSSR count). The average Bonchev–Trinajstić information content (AvgIpc) is 2.48. The molecule has 0 aromatic heterocycles. The van der Waals surface area contributed by atoms with Crippen LogP contribution in [-0.4, -0.2) is 5.48 Å². The van der Waals surface area contributed by atoms with E-state index < -0.39 is 0 Å². The summed E-state index contributed by atoms with van der Waals surface area (Å²) in [6.45, 7) is 3.77. The molecule has 0 aromatic carbocycles. The maximum Gasteiger partial charge on any atom is -0.0139 e. The van der Waals surface area contributed by atoms with Gasteiger partial charge >= 0.3 is 0 Å². The minimum absolute atomic E-state index is 0.